The predicted octanol–water partition coefficient (Wildman–Crippen LogP) is 2.49. The van der Waals surface area contributed by atoms with Gasteiger partial charge in [0.25, 0.3) is 0 Å². The fraction of sp³-hybridized carbons (Fsp3) is 0.750. The van der Waals surface area contributed by atoms with Crippen molar-refractivity contribution in [2.24, 2.45) is 5.92 Å². The van der Waals surface area contributed by atoms with Crippen LogP contribution in [-0.4, -0.2) is 22.9 Å². The van der Waals surface area contributed by atoms with E-state index in [4.69, 9.17) is 11.6 Å². The molecule has 2 heterocycles. The van der Waals surface area contributed by atoms with E-state index in [1.54, 1.807) is 6.20 Å². The molecule has 3 nitrogen and oxygen atoms in total. The molecular formula is C12H20ClN3. The van der Waals surface area contributed by atoms with E-state index in [1.807, 2.05) is 0 Å². The number of aromatic nitrogens is 2. The Balaban J connectivity index is 2.03. The first kappa shape index (κ1) is 11.9. The summed E-state index contributed by atoms with van der Waals surface area (Å²) in [4.78, 5) is 0. The molecule has 0 aliphatic carbocycles. The average molecular weight is 242 g/mol. The van der Waals surface area contributed by atoms with Crippen LogP contribution in [0, 0.1) is 5.92 Å². The molecule has 0 unspecified atom stereocenters. The Kier molecular flexibility index (Phi) is 4.24. The van der Waals surface area contributed by atoms with E-state index in [1.165, 1.54) is 18.5 Å². The van der Waals surface area contributed by atoms with Crippen LogP contribution < -0.4 is 5.32 Å². The molecule has 4 heteroatoms. The number of nitrogens with zero attached hydrogens (tertiary/aromatic N) is 2. The lowest BCUT2D eigenvalue weighted by molar-refractivity contribution is 0.363. The van der Waals surface area contributed by atoms with Crippen molar-refractivity contribution in [2.75, 3.05) is 13.1 Å². The molecular weight excluding hydrogens is 222 g/mol. The smallest absolute Gasteiger partial charge is 0.0817 e. The SMILES string of the molecule is CCCn1ncc(Cl)c1CC1CCNCC1. The number of hydrogen-bond donors (Lipinski definition) is 1. The van der Waals surface area contributed by atoms with Gasteiger partial charge in [0.2, 0.25) is 0 Å². The van der Waals surface area contributed by atoms with Gasteiger partial charge in [0.05, 0.1) is 16.9 Å². The van der Waals surface area contributed by atoms with Crippen LogP contribution in [0.3, 0.4) is 0 Å². The van der Waals surface area contributed by atoms with Gasteiger partial charge in [-0.2, -0.15) is 5.10 Å². The summed E-state index contributed by atoms with van der Waals surface area (Å²) in [5, 5.41) is 8.57. The Morgan fingerprint density at radius 3 is 2.94 bits per heavy atom. The first-order valence-electron chi connectivity index (χ1n) is 6.22. The highest BCUT2D eigenvalue weighted by molar-refractivity contribution is 6.31. The molecule has 0 amide bonds. The van der Waals surface area contributed by atoms with Gasteiger partial charge in [-0.05, 0) is 44.7 Å². The minimum atomic E-state index is 0.769. The first-order chi connectivity index (χ1) is 7.81. The molecule has 1 N–H and O–H groups in total. The van der Waals surface area contributed by atoms with Crippen LogP contribution in [-0.2, 0) is 13.0 Å². The monoisotopic (exact) mass is 241 g/mol. The summed E-state index contributed by atoms with van der Waals surface area (Å²) >= 11 is 6.20. The third-order valence-corrected chi connectivity index (χ3v) is 3.59. The maximum atomic E-state index is 6.20. The number of nitrogens with one attached hydrogen (secondary N) is 1. The van der Waals surface area contributed by atoms with Crippen LogP contribution in [0.4, 0.5) is 0 Å². The summed E-state index contributed by atoms with van der Waals surface area (Å²) < 4.78 is 2.07. The molecule has 0 bridgehead atoms. The molecule has 1 saturated heterocycles. The molecule has 1 aliphatic heterocycles. The Hall–Kier alpha value is -0.540. The quantitative estimate of drug-likeness (QED) is 0.878. The lowest BCUT2D eigenvalue weighted by atomic mass is 9.93. The van der Waals surface area contributed by atoms with Gasteiger partial charge in [0, 0.05) is 6.54 Å². The molecule has 0 saturated carbocycles. The molecule has 1 fully saturated rings. The van der Waals surface area contributed by atoms with E-state index in [2.05, 4.69) is 22.0 Å². The third-order valence-electron chi connectivity index (χ3n) is 3.27. The number of halogens is 1. The Labute approximate surface area is 102 Å². The van der Waals surface area contributed by atoms with Gasteiger partial charge in [0.1, 0.15) is 0 Å². The maximum Gasteiger partial charge on any atom is 0.0817 e. The number of piperidine rings is 1. The van der Waals surface area contributed by atoms with Crippen LogP contribution in [0.5, 0.6) is 0 Å². The summed E-state index contributed by atoms with van der Waals surface area (Å²) in [6, 6.07) is 0. The van der Waals surface area contributed by atoms with Crippen LogP contribution in [0.15, 0.2) is 6.20 Å². The molecule has 0 atom stereocenters. The van der Waals surface area contributed by atoms with Crippen molar-refractivity contribution in [1.29, 1.82) is 0 Å². The number of hydrogen-bond acceptors (Lipinski definition) is 2. The number of rotatable bonds is 4. The van der Waals surface area contributed by atoms with Gasteiger partial charge in [0.15, 0.2) is 0 Å². The van der Waals surface area contributed by atoms with Crippen molar-refractivity contribution < 1.29 is 0 Å². The topological polar surface area (TPSA) is 29.9 Å². The maximum absolute atomic E-state index is 6.20. The van der Waals surface area contributed by atoms with Crippen LogP contribution >= 0.6 is 11.6 Å². The van der Waals surface area contributed by atoms with Gasteiger partial charge < -0.3 is 5.32 Å². The Morgan fingerprint density at radius 2 is 2.25 bits per heavy atom. The average Bonchev–Trinajstić information content (AvgIpc) is 2.64. The van der Waals surface area contributed by atoms with E-state index < -0.39 is 0 Å². The highest BCUT2D eigenvalue weighted by atomic mass is 35.5. The lowest BCUT2D eigenvalue weighted by Gasteiger charge is -2.22. The van der Waals surface area contributed by atoms with E-state index >= 15 is 0 Å². The van der Waals surface area contributed by atoms with Gasteiger partial charge in [-0.3, -0.25) is 4.68 Å². The van der Waals surface area contributed by atoms with Crippen LogP contribution in [0.25, 0.3) is 0 Å². The van der Waals surface area contributed by atoms with Crippen molar-refractivity contribution in [1.82, 2.24) is 15.1 Å². The molecule has 1 aliphatic rings. The molecule has 0 radical (unpaired) electrons. The van der Waals surface area contributed by atoms with Crippen molar-refractivity contribution in [3.8, 4) is 0 Å². The first-order valence-corrected chi connectivity index (χ1v) is 6.60. The molecule has 16 heavy (non-hydrogen) atoms. The van der Waals surface area contributed by atoms with E-state index in [9.17, 15) is 0 Å². The predicted molar refractivity (Wildman–Crippen MR) is 66.8 cm³/mol. The van der Waals surface area contributed by atoms with Crippen molar-refractivity contribution >= 4 is 11.6 Å². The van der Waals surface area contributed by atoms with Gasteiger partial charge in [-0.25, -0.2) is 0 Å². The molecule has 0 aromatic carbocycles. The van der Waals surface area contributed by atoms with Crippen molar-refractivity contribution in [3.05, 3.63) is 16.9 Å². The normalized spacial score (nSPS) is 17.9. The van der Waals surface area contributed by atoms with Crippen molar-refractivity contribution in [3.63, 3.8) is 0 Å². The van der Waals surface area contributed by atoms with Crippen LogP contribution in [0.1, 0.15) is 31.9 Å². The zero-order chi connectivity index (χ0) is 11.4. The second kappa shape index (κ2) is 5.69. The zero-order valence-electron chi connectivity index (χ0n) is 9.88. The van der Waals surface area contributed by atoms with E-state index in [-0.39, 0.29) is 0 Å². The molecule has 0 spiro atoms. The molecule has 1 aromatic heterocycles. The van der Waals surface area contributed by atoms with E-state index in [0.717, 1.165) is 43.4 Å². The summed E-state index contributed by atoms with van der Waals surface area (Å²) in [5.41, 5.74) is 1.23. The Bertz CT molecular complexity index is 329. The fourth-order valence-corrected chi connectivity index (χ4v) is 2.57. The number of aryl methyl sites for hydroxylation is 1. The lowest BCUT2D eigenvalue weighted by Crippen LogP contribution is -2.29. The van der Waals surface area contributed by atoms with Gasteiger partial charge in [-0.15, -0.1) is 0 Å². The highest BCUT2D eigenvalue weighted by Crippen LogP contribution is 2.23. The Morgan fingerprint density at radius 1 is 1.50 bits per heavy atom. The minimum absolute atomic E-state index is 0.769. The van der Waals surface area contributed by atoms with Crippen LogP contribution in [0.2, 0.25) is 5.02 Å². The minimum Gasteiger partial charge on any atom is -0.317 e. The second-order valence-electron chi connectivity index (χ2n) is 4.56. The largest absolute Gasteiger partial charge is 0.317 e. The van der Waals surface area contributed by atoms with Crippen molar-refractivity contribution in [2.45, 2.75) is 39.2 Å². The summed E-state index contributed by atoms with van der Waals surface area (Å²) in [5.74, 6) is 0.769. The van der Waals surface area contributed by atoms with Gasteiger partial charge in [-0.1, -0.05) is 18.5 Å². The molecule has 1 aromatic rings. The molecule has 2 rings (SSSR count). The van der Waals surface area contributed by atoms with E-state index in [0.29, 0.717) is 0 Å². The summed E-state index contributed by atoms with van der Waals surface area (Å²) in [6.07, 6.45) is 6.49. The fourth-order valence-electron chi connectivity index (χ4n) is 2.35. The zero-order valence-corrected chi connectivity index (χ0v) is 10.6. The standard InChI is InChI=1S/C12H20ClN3/c1-2-7-16-12(11(13)9-15-16)8-10-3-5-14-6-4-10/h9-10,14H,2-8H2,1H3. The third kappa shape index (κ3) is 2.77. The highest BCUT2D eigenvalue weighted by Gasteiger charge is 2.17. The summed E-state index contributed by atoms with van der Waals surface area (Å²) in [6.45, 7) is 5.44. The summed E-state index contributed by atoms with van der Waals surface area (Å²) in [7, 11) is 0. The molecule has 90 valence electrons. The second-order valence-corrected chi connectivity index (χ2v) is 4.97. The van der Waals surface area contributed by atoms with Gasteiger partial charge >= 0.3 is 0 Å².